The van der Waals surface area contributed by atoms with Gasteiger partial charge in [-0.1, -0.05) is 72.8 Å². The third-order valence-corrected chi connectivity index (χ3v) is 10.2. The monoisotopic (exact) mass is 636 g/mol. The number of aryl methyl sites for hydroxylation is 1. The van der Waals surface area contributed by atoms with E-state index < -0.39 is 9.84 Å². The second-order valence-electron chi connectivity index (χ2n) is 11.6. The van der Waals surface area contributed by atoms with Crippen LogP contribution >= 0.6 is 0 Å². The Balaban J connectivity index is 1.26. The number of hydrogen-bond donors (Lipinski definition) is 1. The molecule has 0 fully saturated rings. The quantitative estimate of drug-likeness (QED) is 0.173. The largest absolute Gasteiger partial charge is 0.339 e. The summed E-state index contributed by atoms with van der Waals surface area (Å²) in [5.41, 5.74) is 8.04. The molecule has 1 amide bonds. The molecule has 4 aromatic carbocycles. The van der Waals surface area contributed by atoms with E-state index in [0.29, 0.717) is 23.3 Å². The molecule has 3 aromatic heterocycles. The molecule has 0 radical (unpaired) electrons. The Morgan fingerprint density at radius 2 is 1.53 bits per heavy atom. The lowest BCUT2D eigenvalue weighted by atomic mass is 9.92. The average Bonchev–Trinajstić information content (AvgIpc) is 3.49. The molecule has 0 spiro atoms. The molecule has 0 aliphatic heterocycles. The summed E-state index contributed by atoms with van der Waals surface area (Å²) in [6.45, 7) is 0. The van der Waals surface area contributed by atoms with Crippen LogP contribution < -0.4 is 4.90 Å². The molecular weight excluding hydrogens is 605 g/mol. The number of hydrogen-bond acceptors (Lipinski definition) is 5. The van der Waals surface area contributed by atoms with Gasteiger partial charge in [-0.3, -0.25) is 9.78 Å². The van der Waals surface area contributed by atoms with Gasteiger partial charge in [0.1, 0.15) is 5.65 Å². The number of rotatable bonds is 9. The number of carbonyl (C=O) groups excluding carboxylic acids is 1. The van der Waals surface area contributed by atoms with Gasteiger partial charge in [-0.2, -0.15) is 0 Å². The third-order valence-electron chi connectivity index (χ3n) is 8.50. The van der Waals surface area contributed by atoms with Crippen molar-refractivity contribution in [2.75, 3.05) is 11.9 Å². The van der Waals surface area contributed by atoms with E-state index in [-0.39, 0.29) is 11.7 Å². The van der Waals surface area contributed by atoms with Crippen LogP contribution in [0.2, 0.25) is 0 Å². The molecule has 0 atom stereocenters. The van der Waals surface area contributed by atoms with Crippen molar-refractivity contribution < 1.29 is 13.2 Å². The fourth-order valence-corrected chi connectivity index (χ4v) is 7.38. The number of benzene rings is 4. The highest BCUT2D eigenvalue weighted by atomic mass is 32.2. The Morgan fingerprint density at radius 3 is 2.26 bits per heavy atom. The first-order chi connectivity index (χ1) is 22.9. The molecular formula is C39H32N4O3S. The van der Waals surface area contributed by atoms with Gasteiger partial charge in [0.05, 0.1) is 10.6 Å². The number of H-pyrrole nitrogens is 1. The molecule has 7 nitrogen and oxygen atoms in total. The molecule has 0 saturated heterocycles. The van der Waals surface area contributed by atoms with E-state index in [9.17, 15) is 13.2 Å². The number of aromatic nitrogens is 3. The second kappa shape index (κ2) is 12.7. The molecule has 0 unspecified atom stereocenters. The van der Waals surface area contributed by atoms with Gasteiger partial charge in [0.25, 0.3) is 0 Å². The SMILES string of the molecule is CN(C(=O)CCc1cccnc1)c1ccc(-c2cnc3[nH]c4ccc(CS(=O)(=O)c5ccccc5)cc4c3c2-c2ccccc2)cc1. The molecule has 7 aromatic rings. The van der Waals surface area contributed by atoms with E-state index in [1.807, 2.05) is 85.1 Å². The first kappa shape index (κ1) is 30.1. The number of pyridine rings is 2. The number of nitrogens with zero attached hydrogens (tertiary/aromatic N) is 3. The zero-order chi connectivity index (χ0) is 32.4. The molecule has 0 aliphatic rings. The maximum absolute atomic E-state index is 13.2. The highest BCUT2D eigenvalue weighted by molar-refractivity contribution is 7.90. The Bertz CT molecular complexity index is 2300. The maximum atomic E-state index is 13.2. The first-order valence-corrected chi connectivity index (χ1v) is 17.0. The lowest BCUT2D eigenvalue weighted by Gasteiger charge is -2.18. The van der Waals surface area contributed by atoms with Crippen LogP contribution in [0.15, 0.2) is 139 Å². The summed E-state index contributed by atoms with van der Waals surface area (Å²) in [5.74, 6) is -0.0814. The molecule has 232 valence electrons. The van der Waals surface area contributed by atoms with Crippen LogP contribution in [0.4, 0.5) is 5.69 Å². The first-order valence-electron chi connectivity index (χ1n) is 15.4. The Labute approximate surface area is 273 Å². The number of sulfone groups is 1. The van der Waals surface area contributed by atoms with Crippen molar-refractivity contribution in [1.29, 1.82) is 0 Å². The summed E-state index contributed by atoms with van der Waals surface area (Å²) in [6, 6.07) is 36.2. The average molecular weight is 637 g/mol. The number of carbonyl (C=O) groups is 1. The van der Waals surface area contributed by atoms with Gasteiger partial charge in [0.15, 0.2) is 9.84 Å². The summed E-state index contributed by atoms with van der Waals surface area (Å²) >= 11 is 0. The predicted molar refractivity (Wildman–Crippen MR) is 188 cm³/mol. The topological polar surface area (TPSA) is 96.0 Å². The third kappa shape index (κ3) is 6.15. The highest BCUT2D eigenvalue weighted by Gasteiger charge is 2.20. The van der Waals surface area contributed by atoms with Crippen LogP contribution in [0.3, 0.4) is 0 Å². The van der Waals surface area contributed by atoms with E-state index in [4.69, 9.17) is 4.98 Å². The van der Waals surface area contributed by atoms with Crippen LogP contribution in [0.5, 0.6) is 0 Å². The van der Waals surface area contributed by atoms with Crippen molar-refractivity contribution in [3.05, 3.63) is 145 Å². The normalized spacial score (nSPS) is 11.6. The number of fused-ring (bicyclic) bond motifs is 3. The van der Waals surface area contributed by atoms with Crippen LogP contribution in [0, 0.1) is 0 Å². The number of amides is 1. The summed E-state index contributed by atoms with van der Waals surface area (Å²) < 4.78 is 26.5. The molecule has 0 saturated carbocycles. The van der Waals surface area contributed by atoms with Gasteiger partial charge in [-0.15, -0.1) is 0 Å². The summed E-state index contributed by atoms with van der Waals surface area (Å²) in [7, 11) is -1.73. The molecule has 0 aliphatic carbocycles. The van der Waals surface area contributed by atoms with E-state index in [0.717, 1.165) is 55.4 Å². The van der Waals surface area contributed by atoms with E-state index in [1.165, 1.54) is 0 Å². The fraction of sp³-hybridized carbons (Fsp3) is 0.103. The zero-order valence-electron chi connectivity index (χ0n) is 25.8. The van der Waals surface area contributed by atoms with Crippen LogP contribution in [0.25, 0.3) is 44.2 Å². The van der Waals surface area contributed by atoms with E-state index in [2.05, 4.69) is 22.1 Å². The minimum Gasteiger partial charge on any atom is -0.339 e. The van der Waals surface area contributed by atoms with Crippen molar-refractivity contribution >= 4 is 43.4 Å². The molecule has 1 N–H and O–H groups in total. The summed E-state index contributed by atoms with van der Waals surface area (Å²) in [5, 5.41) is 1.83. The number of anilines is 1. The lowest BCUT2D eigenvalue weighted by molar-refractivity contribution is -0.118. The number of aromatic amines is 1. The Morgan fingerprint density at radius 1 is 0.787 bits per heavy atom. The Kier molecular flexibility index (Phi) is 8.10. The molecule has 3 heterocycles. The zero-order valence-corrected chi connectivity index (χ0v) is 26.6. The predicted octanol–water partition coefficient (Wildman–Crippen LogP) is 8.01. The van der Waals surface area contributed by atoms with Gasteiger partial charge in [0.2, 0.25) is 5.91 Å². The van der Waals surface area contributed by atoms with Crippen LogP contribution in [0.1, 0.15) is 17.5 Å². The van der Waals surface area contributed by atoms with Crippen molar-refractivity contribution in [2.45, 2.75) is 23.5 Å². The fourth-order valence-electron chi connectivity index (χ4n) is 6.02. The van der Waals surface area contributed by atoms with Gasteiger partial charge in [0, 0.05) is 65.2 Å². The van der Waals surface area contributed by atoms with Crippen LogP contribution in [-0.2, 0) is 26.8 Å². The molecule has 47 heavy (non-hydrogen) atoms. The van der Waals surface area contributed by atoms with Crippen molar-refractivity contribution in [2.24, 2.45) is 0 Å². The minimum atomic E-state index is -3.52. The smallest absolute Gasteiger partial charge is 0.227 e. The highest BCUT2D eigenvalue weighted by Crippen LogP contribution is 2.41. The molecule has 7 rings (SSSR count). The van der Waals surface area contributed by atoms with E-state index >= 15 is 0 Å². The maximum Gasteiger partial charge on any atom is 0.227 e. The van der Waals surface area contributed by atoms with Crippen molar-refractivity contribution in [3.8, 4) is 22.3 Å². The van der Waals surface area contributed by atoms with Gasteiger partial charge < -0.3 is 9.88 Å². The van der Waals surface area contributed by atoms with Gasteiger partial charge in [-0.05, 0) is 71.1 Å². The summed E-state index contributed by atoms with van der Waals surface area (Å²) in [6.07, 6.45) is 6.41. The van der Waals surface area contributed by atoms with Gasteiger partial charge >= 0.3 is 0 Å². The lowest BCUT2D eigenvalue weighted by Crippen LogP contribution is -2.26. The van der Waals surface area contributed by atoms with Crippen LogP contribution in [-0.4, -0.2) is 36.3 Å². The van der Waals surface area contributed by atoms with Gasteiger partial charge in [-0.25, -0.2) is 13.4 Å². The van der Waals surface area contributed by atoms with Crippen molar-refractivity contribution in [3.63, 3.8) is 0 Å². The second-order valence-corrected chi connectivity index (χ2v) is 13.6. The van der Waals surface area contributed by atoms with Crippen molar-refractivity contribution in [1.82, 2.24) is 15.0 Å². The Hall–Kier alpha value is -5.60. The molecule has 8 heteroatoms. The number of nitrogens with one attached hydrogen (secondary N) is 1. The van der Waals surface area contributed by atoms with E-state index in [1.54, 1.807) is 48.6 Å². The standard InChI is InChI=1S/C39H32N4O3S/c1-43(36(44)21-15-27-9-8-22-40-24-27)31-18-16-29(17-19-31)34-25-41-39-38(37(34)30-10-4-2-5-11-30)33-23-28(14-20-35(33)42-39)26-47(45,46)32-12-6-3-7-13-32/h2-14,16-20,22-25H,15,21,26H2,1H3,(H,41,42). The minimum absolute atomic E-state index is 0.0264. The summed E-state index contributed by atoms with van der Waals surface area (Å²) in [4.78, 5) is 27.4. The molecule has 0 bridgehead atoms.